The van der Waals surface area contributed by atoms with Gasteiger partial charge in [0.25, 0.3) is 5.91 Å². The van der Waals surface area contributed by atoms with Crippen LogP contribution in [-0.2, 0) is 0 Å². The van der Waals surface area contributed by atoms with Gasteiger partial charge in [0.2, 0.25) is 0 Å². The lowest BCUT2D eigenvalue weighted by Gasteiger charge is -2.12. The molecule has 28 heavy (non-hydrogen) atoms. The first-order valence-electron chi connectivity index (χ1n) is 8.87. The highest BCUT2D eigenvalue weighted by molar-refractivity contribution is 6.05. The molecular formula is C21H18N4O3. The molecule has 140 valence electrons. The Hall–Kier alpha value is -3.74. The van der Waals surface area contributed by atoms with Gasteiger partial charge in [-0.25, -0.2) is 14.5 Å². The topological polar surface area (TPSA) is 90.0 Å². The molecule has 7 nitrogen and oxygen atoms in total. The fourth-order valence-electron chi connectivity index (χ4n) is 3.10. The van der Waals surface area contributed by atoms with Crippen molar-refractivity contribution in [3.05, 3.63) is 82.6 Å². The predicted octanol–water partition coefficient (Wildman–Crippen LogP) is 3.75. The molecule has 3 aromatic heterocycles. The van der Waals surface area contributed by atoms with Gasteiger partial charge in [-0.3, -0.25) is 4.79 Å². The van der Waals surface area contributed by atoms with Crippen molar-refractivity contribution < 1.29 is 9.21 Å². The number of hydrogen-bond acceptors (Lipinski definition) is 5. The summed E-state index contributed by atoms with van der Waals surface area (Å²) in [5, 5.41) is 7.99. The van der Waals surface area contributed by atoms with Crippen molar-refractivity contribution in [3.63, 3.8) is 0 Å². The molecule has 0 fully saturated rings. The Balaban J connectivity index is 1.68. The van der Waals surface area contributed by atoms with E-state index in [2.05, 4.69) is 15.4 Å². The molecule has 0 aliphatic rings. The summed E-state index contributed by atoms with van der Waals surface area (Å²) in [5.74, 6) is 0.463. The summed E-state index contributed by atoms with van der Waals surface area (Å²) in [6.45, 7) is 4.01. The van der Waals surface area contributed by atoms with Gasteiger partial charge in [0.15, 0.2) is 5.82 Å². The molecule has 0 bridgehead atoms. The molecular weight excluding hydrogens is 356 g/mol. The summed E-state index contributed by atoms with van der Waals surface area (Å²) in [6, 6.07) is 13.7. The Morgan fingerprint density at radius 2 is 2.00 bits per heavy atom. The molecule has 0 spiro atoms. The van der Waals surface area contributed by atoms with Crippen molar-refractivity contribution in [3.8, 4) is 5.82 Å². The minimum Gasteiger partial charge on any atom is -0.423 e. The molecule has 7 heteroatoms. The monoisotopic (exact) mass is 374 g/mol. The quantitative estimate of drug-likeness (QED) is 0.550. The highest BCUT2D eigenvalue weighted by Crippen LogP contribution is 2.24. The van der Waals surface area contributed by atoms with Crippen LogP contribution in [0.15, 0.2) is 70.1 Å². The van der Waals surface area contributed by atoms with Crippen LogP contribution >= 0.6 is 0 Å². The predicted molar refractivity (Wildman–Crippen MR) is 106 cm³/mol. The van der Waals surface area contributed by atoms with Crippen molar-refractivity contribution >= 4 is 22.6 Å². The number of anilines is 1. The average molecular weight is 374 g/mol. The van der Waals surface area contributed by atoms with Gasteiger partial charge in [0, 0.05) is 23.3 Å². The normalized spacial score (nSPS) is 11.1. The van der Waals surface area contributed by atoms with Crippen LogP contribution in [0.4, 0.5) is 5.69 Å². The number of fused-ring (bicyclic) bond motifs is 1. The standard InChI is InChI=1S/C21H18N4O3/c1-13(2)20-16(12-23-25(20)18-5-3-4-10-22-18)21(27)24-15-7-8-17-14(11-15)6-9-19(26)28-17/h3-13H,1-2H3,(H,24,27). The third-order valence-electron chi connectivity index (χ3n) is 4.34. The highest BCUT2D eigenvalue weighted by atomic mass is 16.4. The van der Waals surface area contributed by atoms with Gasteiger partial charge >= 0.3 is 5.63 Å². The second-order valence-electron chi connectivity index (χ2n) is 6.66. The van der Waals surface area contributed by atoms with Gasteiger partial charge in [-0.2, -0.15) is 5.10 Å². The highest BCUT2D eigenvalue weighted by Gasteiger charge is 2.21. The number of rotatable bonds is 4. The number of aromatic nitrogens is 3. The molecule has 0 saturated carbocycles. The number of hydrogen-bond donors (Lipinski definition) is 1. The number of amides is 1. The number of nitrogens with zero attached hydrogens (tertiary/aromatic N) is 3. The lowest BCUT2D eigenvalue weighted by Crippen LogP contribution is -2.15. The fraction of sp³-hybridized carbons (Fsp3) is 0.143. The van der Waals surface area contributed by atoms with E-state index in [1.807, 2.05) is 32.0 Å². The van der Waals surface area contributed by atoms with Gasteiger partial charge < -0.3 is 9.73 Å². The minimum absolute atomic E-state index is 0.0659. The van der Waals surface area contributed by atoms with Gasteiger partial charge in [-0.15, -0.1) is 0 Å². The third-order valence-corrected chi connectivity index (χ3v) is 4.34. The zero-order chi connectivity index (χ0) is 19.7. The van der Waals surface area contributed by atoms with Crippen LogP contribution in [0.5, 0.6) is 0 Å². The Bertz CT molecular complexity index is 1210. The van der Waals surface area contributed by atoms with E-state index in [4.69, 9.17) is 4.42 Å². The third kappa shape index (κ3) is 3.29. The largest absolute Gasteiger partial charge is 0.423 e. The van der Waals surface area contributed by atoms with E-state index in [-0.39, 0.29) is 11.8 Å². The number of carbonyl (C=O) groups is 1. The molecule has 0 radical (unpaired) electrons. The second-order valence-corrected chi connectivity index (χ2v) is 6.66. The Morgan fingerprint density at radius 1 is 1.14 bits per heavy atom. The van der Waals surface area contributed by atoms with E-state index in [1.54, 1.807) is 41.3 Å². The maximum absolute atomic E-state index is 12.9. The lowest BCUT2D eigenvalue weighted by atomic mass is 10.1. The van der Waals surface area contributed by atoms with E-state index in [0.29, 0.717) is 22.7 Å². The summed E-state index contributed by atoms with van der Waals surface area (Å²) in [4.78, 5) is 28.5. The Kier molecular flexibility index (Phi) is 4.49. The molecule has 4 rings (SSSR count). The first kappa shape index (κ1) is 17.7. The van der Waals surface area contributed by atoms with Crippen molar-refractivity contribution in [2.75, 3.05) is 5.32 Å². The number of nitrogens with one attached hydrogen (secondary N) is 1. The van der Waals surface area contributed by atoms with E-state index >= 15 is 0 Å². The number of pyridine rings is 1. The minimum atomic E-state index is -0.409. The lowest BCUT2D eigenvalue weighted by molar-refractivity contribution is 0.102. The summed E-state index contributed by atoms with van der Waals surface area (Å²) in [6.07, 6.45) is 3.24. The summed E-state index contributed by atoms with van der Waals surface area (Å²) < 4.78 is 6.81. The van der Waals surface area contributed by atoms with Gasteiger partial charge in [-0.1, -0.05) is 19.9 Å². The molecule has 0 unspecified atom stereocenters. The zero-order valence-electron chi connectivity index (χ0n) is 15.4. The maximum atomic E-state index is 12.9. The molecule has 1 N–H and O–H groups in total. The number of benzene rings is 1. The van der Waals surface area contributed by atoms with Crippen LogP contribution in [0.3, 0.4) is 0 Å². The summed E-state index contributed by atoms with van der Waals surface area (Å²) in [5.41, 5.74) is 1.93. The first-order valence-corrected chi connectivity index (χ1v) is 8.87. The summed E-state index contributed by atoms with van der Waals surface area (Å²) in [7, 11) is 0. The zero-order valence-corrected chi connectivity index (χ0v) is 15.4. The molecule has 0 saturated heterocycles. The van der Waals surface area contributed by atoms with Gasteiger partial charge in [0.05, 0.1) is 17.5 Å². The van der Waals surface area contributed by atoms with Crippen LogP contribution in [0.1, 0.15) is 35.8 Å². The molecule has 0 atom stereocenters. The Labute approximate surface area is 160 Å². The van der Waals surface area contributed by atoms with Crippen LogP contribution in [-0.4, -0.2) is 20.7 Å². The smallest absolute Gasteiger partial charge is 0.336 e. The molecule has 3 heterocycles. The van der Waals surface area contributed by atoms with Crippen molar-refractivity contribution in [2.24, 2.45) is 0 Å². The van der Waals surface area contributed by atoms with Gasteiger partial charge in [0.1, 0.15) is 5.58 Å². The van der Waals surface area contributed by atoms with E-state index in [9.17, 15) is 9.59 Å². The van der Waals surface area contributed by atoms with Crippen molar-refractivity contribution in [1.29, 1.82) is 0 Å². The fourth-order valence-corrected chi connectivity index (χ4v) is 3.10. The van der Waals surface area contributed by atoms with Gasteiger partial charge in [-0.05, 0) is 42.3 Å². The molecule has 0 aliphatic carbocycles. The van der Waals surface area contributed by atoms with E-state index in [1.165, 1.54) is 6.07 Å². The van der Waals surface area contributed by atoms with Crippen LogP contribution < -0.4 is 10.9 Å². The van der Waals surface area contributed by atoms with Crippen molar-refractivity contribution in [1.82, 2.24) is 14.8 Å². The van der Waals surface area contributed by atoms with Crippen LogP contribution in [0, 0.1) is 0 Å². The second kappa shape index (κ2) is 7.11. The first-order chi connectivity index (χ1) is 13.5. The van der Waals surface area contributed by atoms with Crippen LogP contribution in [0.2, 0.25) is 0 Å². The SMILES string of the molecule is CC(C)c1c(C(=O)Nc2ccc3oc(=O)ccc3c2)cnn1-c1ccccn1. The maximum Gasteiger partial charge on any atom is 0.336 e. The van der Waals surface area contributed by atoms with E-state index in [0.717, 1.165) is 11.1 Å². The molecule has 1 aromatic carbocycles. The van der Waals surface area contributed by atoms with Crippen molar-refractivity contribution in [2.45, 2.75) is 19.8 Å². The number of carbonyl (C=O) groups excluding carboxylic acids is 1. The average Bonchev–Trinajstić information content (AvgIpc) is 3.14. The molecule has 0 aliphatic heterocycles. The molecule has 1 amide bonds. The summed E-state index contributed by atoms with van der Waals surface area (Å²) >= 11 is 0. The van der Waals surface area contributed by atoms with Crippen LogP contribution in [0.25, 0.3) is 16.8 Å². The molecule has 4 aromatic rings. The Morgan fingerprint density at radius 3 is 2.75 bits per heavy atom. The van der Waals surface area contributed by atoms with E-state index < -0.39 is 5.63 Å².